The molecule has 0 aromatic carbocycles. The van der Waals surface area contributed by atoms with Gasteiger partial charge in [0.1, 0.15) is 5.00 Å². The number of nitrogens with two attached hydrogens (primary N) is 2. The topological polar surface area (TPSA) is 98.2 Å². The lowest BCUT2D eigenvalue weighted by molar-refractivity contribution is 0.0972. The number of primary amides is 1. The zero-order valence-electron chi connectivity index (χ0n) is 11.2. The summed E-state index contributed by atoms with van der Waals surface area (Å²) < 4.78 is 0. The van der Waals surface area contributed by atoms with E-state index >= 15 is 0 Å². The fourth-order valence-electron chi connectivity index (χ4n) is 2.11. The van der Waals surface area contributed by atoms with Crippen LogP contribution in [0.2, 0.25) is 0 Å². The van der Waals surface area contributed by atoms with E-state index in [2.05, 4.69) is 5.32 Å². The van der Waals surface area contributed by atoms with Gasteiger partial charge < -0.3 is 16.8 Å². The SMILES string of the molecule is NC(=O)c1c(NCc2cccs2)sc(C(=O)C2CC2)c1N. The van der Waals surface area contributed by atoms with Crippen LogP contribution in [0.4, 0.5) is 10.7 Å². The quantitative estimate of drug-likeness (QED) is 0.712. The highest BCUT2D eigenvalue weighted by Gasteiger charge is 2.34. The number of thiophene rings is 2. The van der Waals surface area contributed by atoms with Crippen LogP contribution < -0.4 is 16.8 Å². The lowest BCUT2D eigenvalue weighted by Crippen LogP contribution is -2.15. The smallest absolute Gasteiger partial charge is 0.253 e. The first-order valence-corrected chi connectivity index (χ1v) is 8.30. The summed E-state index contributed by atoms with van der Waals surface area (Å²) in [7, 11) is 0. The Morgan fingerprint density at radius 2 is 2.14 bits per heavy atom. The molecule has 1 saturated carbocycles. The van der Waals surface area contributed by atoms with E-state index in [1.165, 1.54) is 11.3 Å². The summed E-state index contributed by atoms with van der Waals surface area (Å²) in [6.07, 6.45) is 1.81. The first kappa shape index (κ1) is 14.1. The number of anilines is 2. The van der Waals surface area contributed by atoms with E-state index in [0.29, 0.717) is 16.4 Å². The van der Waals surface area contributed by atoms with Crippen LogP contribution in [-0.4, -0.2) is 11.7 Å². The van der Waals surface area contributed by atoms with Crippen molar-refractivity contribution in [2.75, 3.05) is 11.1 Å². The van der Waals surface area contributed by atoms with Crippen LogP contribution in [0.3, 0.4) is 0 Å². The molecule has 0 radical (unpaired) electrons. The van der Waals surface area contributed by atoms with Crippen molar-refractivity contribution in [2.24, 2.45) is 11.7 Å². The number of rotatable bonds is 6. The third-order valence-corrected chi connectivity index (χ3v) is 5.42. The van der Waals surface area contributed by atoms with Crippen molar-refractivity contribution in [2.45, 2.75) is 19.4 Å². The van der Waals surface area contributed by atoms with Gasteiger partial charge in [0.05, 0.1) is 22.7 Å². The Bertz CT molecular complexity index is 687. The van der Waals surface area contributed by atoms with E-state index in [9.17, 15) is 9.59 Å². The molecule has 3 rings (SSSR count). The van der Waals surface area contributed by atoms with Gasteiger partial charge in [-0.05, 0) is 24.3 Å². The predicted molar refractivity (Wildman–Crippen MR) is 85.9 cm³/mol. The minimum absolute atomic E-state index is 0.0316. The molecule has 1 aliphatic rings. The van der Waals surface area contributed by atoms with Gasteiger partial charge in [-0.1, -0.05) is 6.07 Å². The maximum atomic E-state index is 12.2. The maximum absolute atomic E-state index is 12.2. The van der Waals surface area contributed by atoms with Crippen molar-refractivity contribution in [1.29, 1.82) is 0 Å². The normalized spacial score (nSPS) is 14.1. The van der Waals surface area contributed by atoms with Crippen LogP contribution in [0, 0.1) is 5.92 Å². The van der Waals surface area contributed by atoms with Crippen molar-refractivity contribution < 1.29 is 9.59 Å². The van der Waals surface area contributed by atoms with Crippen LogP contribution in [-0.2, 0) is 6.54 Å². The second kappa shape index (κ2) is 5.50. The zero-order valence-corrected chi connectivity index (χ0v) is 12.9. The molecule has 110 valence electrons. The van der Waals surface area contributed by atoms with E-state index in [4.69, 9.17) is 11.5 Å². The number of carbonyl (C=O) groups excluding carboxylic acids is 2. The molecule has 0 bridgehead atoms. The molecule has 5 N–H and O–H groups in total. The number of Topliss-reactive ketones (excluding diaryl/α,β-unsaturated/α-hetero) is 1. The number of amides is 1. The summed E-state index contributed by atoms with van der Waals surface area (Å²) >= 11 is 2.85. The third-order valence-electron chi connectivity index (χ3n) is 3.37. The van der Waals surface area contributed by atoms with Crippen molar-refractivity contribution >= 4 is 45.1 Å². The summed E-state index contributed by atoms with van der Waals surface area (Å²) in [6, 6.07) is 3.95. The number of hydrogen-bond acceptors (Lipinski definition) is 6. The van der Waals surface area contributed by atoms with Crippen molar-refractivity contribution in [3.63, 3.8) is 0 Å². The molecular formula is C14H15N3O2S2. The molecule has 2 aromatic rings. The maximum Gasteiger partial charge on any atom is 0.253 e. The number of ketones is 1. The van der Waals surface area contributed by atoms with Gasteiger partial charge in [0, 0.05) is 10.8 Å². The molecule has 0 unspecified atom stereocenters. The third kappa shape index (κ3) is 2.79. The number of nitrogen functional groups attached to an aromatic ring is 1. The number of hydrogen-bond donors (Lipinski definition) is 3. The molecule has 2 aromatic heterocycles. The van der Waals surface area contributed by atoms with Gasteiger partial charge in [-0.3, -0.25) is 9.59 Å². The summed E-state index contributed by atoms with van der Waals surface area (Å²) in [5.74, 6) is -0.506. The highest BCUT2D eigenvalue weighted by molar-refractivity contribution is 7.19. The van der Waals surface area contributed by atoms with Crippen LogP contribution >= 0.6 is 22.7 Å². The molecule has 0 aliphatic heterocycles. The summed E-state index contributed by atoms with van der Waals surface area (Å²) in [5.41, 5.74) is 11.8. The number of carbonyl (C=O) groups is 2. The fraction of sp³-hybridized carbons (Fsp3) is 0.286. The van der Waals surface area contributed by atoms with E-state index in [1.807, 2.05) is 17.5 Å². The van der Waals surface area contributed by atoms with Crippen LogP contribution in [0.25, 0.3) is 0 Å². The van der Waals surface area contributed by atoms with E-state index in [-0.39, 0.29) is 23.0 Å². The molecule has 7 heteroatoms. The van der Waals surface area contributed by atoms with E-state index < -0.39 is 5.91 Å². The minimum atomic E-state index is -0.604. The summed E-state index contributed by atoms with van der Waals surface area (Å²) in [4.78, 5) is 25.4. The van der Waals surface area contributed by atoms with Crippen LogP contribution in [0.5, 0.6) is 0 Å². The van der Waals surface area contributed by atoms with Crippen LogP contribution in [0.15, 0.2) is 17.5 Å². The molecule has 0 spiro atoms. The van der Waals surface area contributed by atoms with Gasteiger partial charge in [-0.25, -0.2) is 0 Å². The van der Waals surface area contributed by atoms with Crippen molar-refractivity contribution in [3.05, 3.63) is 32.8 Å². The molecular weight excluding hydrogens is 306 g/mol. The van der Waals surface area contributed by atoms with Crippen molar-refractivity contribution in [3.8, 4) is 0 Å². The lowest BCUT2D eigenvalue weighted by atomic mass is 10.1. The average molecular weight is 321 g/mol. The van der Waals surface area contributed by atoms with Crippen LogP contribution in [0.1, 0.15) is 37.7 Å². The first-order chi connectivity index (χ1) is 10.1. The molecule has 1 amide bonds. The Hall–Kier alpha value is -1.86. The summed E-state index contributed by atoms with van der Waals surface area (Å²) in [6.45, 7) is 0.578. The Morgan fingerprint density at radius 3 is 2.71 bits per heavy atom. The number of nitrogens with one attached hydrogen (secondary N) is 1. The fourth-order valence-corrected chi connectivity index (χ4v) is 3.89. The Morgan fingerprint density at radius 1 is 1.38 bits per heavy atom. The van der Waals surface area contributed by atoms with Gasteiger partial charge in [0.2, 0.25) is 0 Å². The van der Waals surface area contributed by atoms with Gasteiger partial charge in [-0.2, -0.15) is 0 Å². The summed E-state index contributed by atoms with van der Waals surface area (Å²) in [5, 5.41) is 5.73. The first-order valence-electron chi connectivity index (χ1n) is 6.60. The van der Waals surface area contributed by atoms with Gasteiger partial charge in [0.25, 0.3) is 5.91 Å². The monoisotopic (exact) mass is 321 g/mol. The zero-order chi connectivity index (χ0) is 15.0. The Kier molecular flexibility index (Phi) is 3.69. The predicted octanol–water partition coefficient (Wildman–Crippen LogP) is 2.70. The van der Waals surface area contributed by atoms with Crippen molar-refractivity contribution in [1.82, 2.24) is 0 Å². The largest absolute Gasteiger partial charge is 0.397 e. The second-order valence-electron chi connectivity index (χ2n) is 4.98. The highest BCUT2D eigenvalue weighted by atomic mass is 32.1. The molecule has 0 atom stereocenters. The Labute approximate surface area is 130 Å². The molecule has 1 aliphatic carbocycles. The Balaban J connectivity index is 1.88. The molecule has 2 heterocycles. The van der Waals surface area contributed by atoms with Gasteiger partial charge >= 0.3 is 0 Å². The molecule has 5 nitrogen and oxygen atoms in total. The van der Waals surface area contributed by atoms with Gasteiger partial charge in [0.15, 0.2) is 5.78 Å². The van der Waals surface area contributed by atoms with E-state index in [1.54, 1.807) is 11.3 Å². The van der Waals surface area contributed by atoms with E-state index in [0.717, 1.165) is 17.7 Å². The molecule has 21 heavy (non-hydrogen) atoms. The minimum Gasteiger partial charge on any atom is -0.397 e. The van der Waals surface area contributed by atoms with Gasteiger partial charge in [-0.15, -0.1) is 22.7 Å². The highest BCUT2D eigenvalue weighted by Crippen LogP contribution is 2.41. The lowest BCUT2D eigenvalue weighted by Gasteiger charge is -2.04. The molecule has 1 fully saturated rings. The standard InChI is InChI=1S/C14H15N3O2S2/c15-10-9(13(16)19)14(17-6-8-2-1-5-20-8)21-12(10)11(18)7-3-4-7/h1-2,5,7,17H,3-4,6,15H2,(H2,16,19). The average Bonchev–Trinajstić information content (AvgIpc) is 3.06. The second-order valence-corrected chi connectivity index (χ2v) is 7.04. The molecule has 0 saturated heterocycles.